The van der Waals surface area contributed by atoms with Crippen molar-refractivity contribution >= 4 is 35.6 Å². The van der Waals surface area contributed by atoms with Crippen molar-refractivity contribution in [1.82, 2.24) is 0 Å². The van der Waals surface area contributed by atoms with Crippen molar-refractivity contribution in [3.8, 4) is 0 Å². The van der Waals surface area contributed by atoms with Crippen molar-refractivity contribution in [2.24, 2.45) is 0 Å². The first-order valence-corrected chi connectivity index (χ1v) is 4.32. The maximum absolute atomic E-state index is 2.26. The Balaban J connectivity index is 0. The SMILES string of the molecule is Cc1cc2c(C)ccc(C)c2[cH-]1.Cl.Cl.[Ti]. The van der Waals surface area contributed by atoms with Crippen LogP contribution in [0, 0.1) is 20.8 Å². The standard InChI is InChI=1S/C12H13.2ClH.Ti/c1-8-6-11-9(2)4-5-10(3)12(11)7-8;;;/h4-7H,1-3H3;2*1H;/q-1;;;. The first-order valence-electron chi connectivity index (χ1n) is 4.32. The van der Waals surface area contributed by atoms with E-state index >= 15 is 0 Å². The number of rotatable bonds is 0. The normalized spacial score (nSPS) is 8.73. The minimum atomic E-state index is 0. The molecule has 2 rings (SSSR count). The van der Waals surface area contributed by atoms with E-state index in [2.05, 4.69) is 45.0 Å². The summed E-state index contributed by atoms with van der Waals surface area (Å²) in [6.45, 7) is 6.49. The van der Waals surface area contributed by atoms with Crippen molar-refractivity contribution in [3.05, 3.63) is 41.0 Å². The number of fused-ring (bicyclic) bond motifs is 1. The molecule has 15 heavy (non-hydrogen) atoms. The molecule has 2 aromatic carbocycles. The van der Waals surface area contributed by atoms with Crippen molar-refractivity contribution in [2.45, 2.75) is 20.8 Å². The molecular formula is C12H15Cl2Ti-. The molecule has 0 saturated heterocycles. The molecule has 0 nitrogen and oxygen atoms in total. The maximum atomic E-state index is 2.26. The second-order valence-electron chi connectivity index (χ2n) is 3.56. The van der Waals surface area contributed by atoms with Gasteiger partial charge in [-0.25, -0.2) is 0 Å². The summed E-state index contributed by atoms with van der Waals surface area (Å²) >= 11 is 0. The molecule has 0 aliphatic carbocycles. The van der Waals surface area contributed by atoms with Crippen molar-refractivity contribution in [3.63, 3.8) is 0 Å². The van der Waals surface area contributed by atoms with Gasteiger partial charge in [0, 0.05) is 21.7 Å². The van der Waals surface area contributed by atoms with Crippen LogP contribution in [0.15, 0.2) is 24.3 Å². The van der Waals surface area contributed by atoms with Gasteiger partial charge in [-0.1, -0.05) is 25.5 Å². The van der Waals surface area contributed by atoms with Gasteiger partial charge in [0.05, 0.1) is 0 Å². The van der Waals surface area contributed by atoms with E-state index < -0.39 is 0 Å². The van der Waals surface area contributed by atoms with Crippen molar-refractivity contribution in [1.29, 1.82) is 0 Å². The summed E-state index contributed by atoms with van der Waals surface area (Å²) in [5.41, 5.74) is 4.12. The number of hydrogen-bond donors (Lipinski definition) is 0. The number of halogens is 2. The Morgan fingerprint density at radius 1 is 0.933 bits per heavy atom. The predicted molar refractivity (Wildman–Crippen MR) is 68.2 cm³/mol. The molecule has 3 heteroatoms. The number of aryl methyl sites for hydroxylation is 3. The molecule has 0 bridgehead atoms. The second kappa shape index (κ2) is 6.65. The average Bonchev–Trinajstić information content (AvgIpc) is 2.41. The Bertz CT molecular complexity index is 393. The van der Waals surface area contributed by atoms with Crippen LogP contribution in [0.5, 0.6) is 0 Å². The molecule has 0 aliphatic rings. The smallest absolute Gasteiger partial charge is 0 e. The fourth-order valence-corrected chi connectivity index (χ4v) is 1.73. The van der Waals surface area contributed by atoms with Gasteiger partial charge in [0.1, 0.15) is 0 Å². The van der Waals surface area contributed by atoms with Crippen LogP contribution in [0.25, 0.3) is 10.8 Å². The maximum Gasteiger partial charge on any atom is 0 e. The largest absolute Gasteiger partial charge is 0.165 e. The Labute approximate surface area is 119 Å². The summed E-state index contributed by atoms with van der Waals surface area (Å²) in [6.07, 6.45) is 0. The van der Waals surface area contributed by atoms with E-state index in [1.807, 2.05) is 0 Å². The molecule has 0 atom stereocenters. The third kappa shape index (κ3) is 3.29. The molecule has 0 unspecified atom stereocenters. The van der Waals surface area contributed by atoms with Gasteiger partial charge in [0.15, 0.2) is 0 Å². The molecule has 0 fully saturated rings. The first-order chi connectivity index (χ1) is 5.68. The van der Waals surface area contributed by atoms with Gasteiger partial charge in [0.25, 0.3) is 0 Å². The Morgan fingerprint density at radius 2 is 1.47 bits per heavy atom. The third-order valence-electron chi connectivity index (χ3n) is 2.47. The number of hydrogen-bond acceptors (Lipinski definition) is 0. The molecule has 0 saturated carbocycles. The molecule has 0 heterocycles. The zero-order chi connectivity index (χ0) is 8.72. The van der Waals surface area contributed by atoms with Gasteiger partial charge in [0.2, 0.25) is 0 Å². The fourth-order valence-electron chi connectivity index (χ4n) is 1.73. The zero-order valence-electron chi connectivity index (χ0n) is 9.13. The molecule has 0 N–H and O–H groups in total. The first kappa shape index (κ1) is 17.5. The van der Waals surface area contributed by atoms with Crippen LogP contribution in [0.4, 0.5) is 0 Å². The predicted octanol–water partition coefficient (Wildman–Crippen LogP) is 4.33. The van der Waals surface area contributed by atoms with Crippen LogP contribution in [0.1, 0.15) is 16.7 Å². The van der Waals surface area contributed by atoms with E-state index in [0.717, 1.165) is 0 Å². The average molecular weight is 278 g/mol. The second-order valence-corrected chi connectivity index (χ2v) is 3.56. The van der Waals surface area contributed by atoms with Crippen LogP contribution in [-0.2, 0) is 21.7 Å². The van der Waals surface area contributed by atoms with Crippen LogP contribution in [-0.4, -0.2) is 0 Å². The van der Waals surface area contributed by atoms with E-state index in [1.54, 1.807) is 0 Å². The third-order valence-corrected chi connectivity index (χ3v) is 2.47. The molecule has 2 aromatic rings. The zero-order valence-corrected chi connectivity index (χ0v) is 12.3. The minimum absolute atomic E-state index is 0. The summed E-state index contributed by atoms with van der Waals surface area (Å²) < 4.78 is 0. The monoisotopic (exact) mass is 277 g/mol. The summed E-state index contributed by atoms with van der Waals surface area (Å²) in [4.78, 5) is 0. The van der Waals surface area contributed by atoms with Crippen molar-refractivity contribution in [2.75, 3.05) is 0 Å². The van der Waals surface area contributed by atoms with E-state index in [-0.39, 0.29) is 46.5 Å². The summed E-state index contributed by atoms with van der Waals surface area (Å²) in [5.74, 6) is 0. The Hall–Kier alpha value is 0.124. The molecule has 0 spiro atoms. The van der Waals surface area contributed by atoms with Gasteiger partial charge >= 0.3 is 0 Å². The molecule has 0 aliphatic heterocycles. The van der Waals surface area contributed by atoms with E-state index in [0.29, 0.717) is 0 Å². The van der Waals surface area contributed by atoms with Gasteiger partial charge in [-0.15, -0.1) is 58.8 Å². The van der Waals surface area contributed by atoms with E-state index in [4.69, 9.17) is 0 Å². The van der Waals surface area contributed by atoms with Crippen LogP contribution in [0.3, 0.4) is 0 Å². The van der Waals surface area contributed by atoms with Crippen LogP contribution >= 0.6 is 24.8 Å². The summed E-state index contributed by atoms with van der Waals surface area (Å²) in [5, 5.41) is 2.82. The van der Waals surface area contributed by atoms with Gasteiger partial charge < -0.3 is 0 Å². The summed E-state index contributed by atoms with van der Waals surface area (Å²) in [7, 11) is 0. The molecule has 0 amide bonds. The molecule has 0 radical (unpaired) electrons. The van der Waals surface area contributed by atoms with Gasteiger partial charge in [-0.2, -0.15) is 6.07 Å². The molecule has 0 aromatic heterocycles. The van der Waals surface area contributed by atoms with Gasteiger partial charge in [-0.3, -0.25) is 0 Å². The molecule has 82 valence electrons. The Kier molecular flexibility index (Phi) is 7.77. The fraction of sp³-hybridized carbons (Fsp3) is 0.250. The van der Waals surface area contributed by atoms with E-state index in [1.165, 1.54) is 27.5 Å². The summed E-state index contributed by atoms with van der Waals surface area (Å²) in [6, 6.07) is 8.91. The Morgan fingerprint density at radius 3 is 2.00 bits per heavy atom. The van der Waals surface area contributed by atoms with Gasteiger partial charge in [-0.05, 0) is 6.92 Å². The van der Waals surface area contributed by atoms with Crippen LogP contribution in [0.2, 0.25) is 0 Å². The molecular weight excluding hydrogens is 263 g/mol. The topological polar surface area (TPSA) is 0 Å². The van der Waals surface area contributed by atoms with E-state index in [9.17, 15) is 0 Å². The van der Waals surface area contributed by atoms with Crippen molar-refractivity contribution < 1.29 is 21.7 Å². The quantitative estimate of drug-likeness (QED) is 0.497. The minimum Gasteiger partial charge on any atom is -0.165 e. The van der Waals surface area contributed by atoms with Crippen LogP contribution < -0.4 is 0 Å². The number of benzene rings is 1.